The minimum atomic E-state index is -0.586. The van der Waals surface area contributed by atoms with Crippen molar-refractivity contribution in [1.82, 2.24) is 0 Å². The van der Waals surface area contributed by atoms with E-state index in [0.29, 0.717) is 5.75 Å². The molecule has 1 N–H and O–H groups in total. The predicted octanol–water partition coefficient (Wildman–Crippen LogP) is 2.78. The van der Waals surface area contributed by atoms with Gasteiger partial charge in [-0.2, -0.15) is 0 Å². The normalized spacial score (nSPS) is 13.4. The lowest BCUT2D eigenvalue weighted by Gasteiger charge is -2.27. The van der Waals surface area contributed by atoms with E-state index in [1.807, 2.05) is 39.0 Å². The molecule has 0 aliphatic carbocycles. The summed E-state index contributed by atoms with van der Waals surface area (Å²) >= 11 is 0. The van der Waals surface area contributed by atoms with Crippen LogP contribution in [0.15, 0.2) is 18.2 Å². The standard InChI is InChI=1S/C13H20O3/c1-13(2,3)12(14)10-8-9(15-4)6-7-11(10)16-5/h6-8,12,14H,1-5H3. The first kappa shape index (κ1) is 12.8. The van der Waals surface area contributed by atoms with Crippen LogP contribution in [0.4, 0.5) is 0 Å². The fraction of sp³-hybridized carbons (Fsp3) is 0.538. The van der Waals surface area contributed by atoms with Crippen molar-refractivity contribution in [1.29, 1.82) is 0 Å². The van der Waals surface area contributed by atoms with Crippen LogP contribution < -0.4 is 9.47 Å². The highest BCUT2D eigenvalue weighted by Crippen LogP contribution is 2.38. The van der Waals surface area contributed by atoms with Crippen molar-refractivity contribution < 1.29 is 14.6 Å². The topological polar surface area (TPSA) is 38.7 Å². The first-order chi connectivity index (χ1) is 7.40. The van der Waals surface area contributed by atoms with Gasteiger partial charge in [0.2, 0.25) is 0 Å². The van der Waals surface area contributed by atoms with Gasteiger partial charge < -0.3 is 14.6 Å². The van der Waals surface area contributed by atoms with Crippen molar-refractivity contribution >= 4 is 0 Å². The summed E-state index contributed by atoms with van der Waals surface area (Å²) in [7, 11) is 3.20. The molecule has 0 aromatic heterocycles. The molecule has 0 aliphatic rings. The zero-order valence-electron chi connectivity index (χ0n) is 10.6. The summed E-state index contributed by atoms with van der Waals surface area (Å²) in [6, 6.07) is 5.44. The molecule has 3 heteroatoms. The molecule has 0 heterocycles. The fourth-order valence-corrected chi connectivity index (χ4v) is 1.52. The summed E-state index contributed by atoms with van der Waals surface area (Å²) in [5, 5.41) is 10.3. The summed E-state index contributed by atoms with van der Waals surface area (Å²) in [6.45, 7) is 5.95. The average molecular weight is 224 g/mol. The lowest BCUT2D eigenvalue weighted by molar-refractivity contribution is 0.0602. The van der Waals surface area contributed by atoms with Gasteiger partial charge in [-0.05, 0) is 23.6 Å². The van der Waals surface area contributed by atoms with Gasteiger partial charge in [0.1, 0.15) is 11.5 Å². The molecule has 0 amide bonds. The zero-order chi connectivity index (χ0) is 12.3. The van der Waals surface area contributed by atoms with Crippen molar-refractivity contribution in [3.05, 3.63) is 23.8 Å². The van der Waals surface area contributed by atoms with Crippen LogP contribution in [0.1, 0.15) is 32.4 Å². The minimum absolute atomic E-state index is 0.236. The molecule has 0 fully saturated rings. The number of rotatable bonds is 3. The number of hydrogen-bond acceptors (Lipinski definition) is 3. The van der Waals surface area contributed by atoms with Gasteiger partial charge in [-0.1, -0.05) is 20.8 Å². The van der Waals surface area contributed by atoms with Gasteiger partial charge >= 0.3 is 0 Å². The third kappa shape index (κ3) is 2.67. The Bertz CT molecular complexity index is 353. The van der Waals surface area contributed by atoms with Crippen molar-refractivity contribution in [3.63, 3.8) is 0 Å². The monoisotopic (exact) mass is 224 g/mol. The van der Waals surface area contributed by atoms with Crippen molar-refractivity contribution in [2.24, 2.45) is 5.41 Å². The van der Waals surface area contributed by atoms with E-state index < -0.39 is 6.10 Å². The number of aliphatic hydroxyl groups is 1. The maximum atomic E-state index is 10.3. The predicted molar refractivity (Wildman–Crippen MR) is 64.0 cm³/mol. The van der Waals surface area contributed by atoms with Crippen LogP contribution in [-0.4, -0.2) is 19.3 Å². The number of hydrogen-bond donors (Lipinski definition) is 1. The third-order valence-corrected chi connectivity index (χ3v) is 2.55. The molecule has 1 rings (SSSR count). The van der Waals surface area contributed by atoms with Crippen molar-refractivity contribution in [2.75, 3.05) is 14.2 Å². The van der Waals surface area contributed by atoms with Crippen LogP contribution in [0.3, 0.4) is 0 Å². The molecule has 1 aromatic rings. The smallest absolute Gasteiger partial charge is 0.124 e. The van der Waals surface area contributed by atoms with E-state index in [9.17, 15) is 5.11 Å². The Kier molecular flexibility index (Phi) is 3.81. The molecule has 1 atom stereocenters. The average Bonchev–Trinajstić information content (AvgIpc) is 2.25. The first-order valence-electron chi connectivity index (χ1n) is 5.30. The van der Waals surface area contributed by atoms with E-state index >= 15 is 0 Å². The van der Waals surface area contributed by atoms with Crippen LogP contribution in [0.2, 0.25) is 0 Å². The Morgan fingerprint density at radius 1 is 1.12 bits per heavy atom. The van der Waals surface area contributed by atoms with Crippen LogP contribution in [0.5, 0.6) is 11.5 Å². The highest BCUT2D eigenvalue weighted by molar-refractivity contribution is 5.42. The molecule has 0 saturated heterocycles. The zero-order valence-corrected chi connectivity index (χ0v) is 10.6. The molecule has 0 saturated carbocycles. The molecular weight excluding hydrogens is 204 g/mol. The second-order valence-corrected chi connectivity index (χ2v) is 4.88. The summed E-state index contributed by atoms with van der Waals surface area (Å²) in [5.74, 6) is 1.40. The molecule has 1 aromatic carbocycles. The van der Waals surface area contributed by atoms with Gasteiger partial charge in [0.05, 0.1) is 20.3 Å². The lowest BCUT2D eigenvalue weighted by Crippen LogP contribution is -2.18. The minimum Gasteiger partial charge on any atom is -0.497 e. The summed E-state index contributed by atoms with van der Waals surface area (Å²) in [5.41, 5.74) is 0.522. The van der Waals surface area contributed by atoms with Crippen LogP contribution in [-0.2, 0) is 0 Å². The largest absolute Gasteiger partial charge is 0.497 e. The summed E-state index contributed by atoms with van der Waals surface area (Å²) in [6.07, 6.45) is -0.586. The highest BCUT2D eigenvalue weighted by Gasteiger charge is 2.26. The molecular formula is C13H20O3. The quantitative estimate of drug-likeness (QED) is 0.858. The van der Waals surface area contributed by atoms with E-state index in [0.717, 1.165) is 11.3 Å². The van der Waals surface area contributed by atoms with Crippen molar-refractivity contribution in [3.8, 4) is 11.5 Å². The second-order valence-electron chi connectivity index (χ2n) is 4.88. The van der Waals surface area contributed by atoms with Crippen LogP contribution >= 0.6 is 0 Å². The van der Waals surface area contributed by atoms with Gasteiger partial charge in [-0.3, -0.25) is 0 Å². The van der Waals surface area contributed by atoms with Gasteiger partial charge in [0.25, 0.3) is 0 Å². The second kappa shape index (κ2) is 4.74. The molecule has 3 nitrogen and oxygen atoms in total. The van der Waals surface area contributed by atoms with E-state index in [2.05, 4.69) is 0 Å². The van der Waals surface area contributed by atoms with E-state index in [1.165, 1.54) is 0 Å². The van der Waals surface area contributed by atoms with Crippen LogP contribution in [0, 0.1) is 5.41 Å². The molecule has 1 unspecified atom stereocenters. The highest BCUT2D eigenvalue weighted by atomic mass is 16.5. The van der Waals surface area contributed by atoms with Gasteiger partial charge in [-0.15, -0.1) is 0 Å². The number of ether oxygens (including phenoxy) is 2. The summed E-state index contributed by atoms with van der Waals surface area (Å²) < 4.78 is 10.4. The van der Waals surface area contributed by atoms with E-state index in [-0.39, 0.29) is 5.41 Å². The Morgan fingerprint density at radius 2 is 1.75 bits per heavy atom. The Labute approximate surface area is 97.0 Å². The molecule has 16 heavy (non-hydrogen) atoms. The third-order valence-electron chi connectivity index (χ3n) is 2.55. The molecule has 0 aliphatic heterocycles. The fourth-order valence-electron chi connectivity index (χ4n) is 1.52. The Hall–Kier alpha value is -1.22. The number of methoxy groups -OCH3 is 2. The SMILES string of the molecule is COc1ccc(OC)c(C(O)C(C)(C)C)c1. The van der Waals surface area contributed by atoms with Gasteiger partial charge in [-0.25, -0.2) is 0 Å². The summed E-state index contributed by atoms with van der Waals surface area (Å²) in [4.78, 5) is 0. The molecule has 0 radical (unpaired) electrons. The van der Waals surface area contributed by atoms with Crippen LogP contribution in [0.25, 0.3) is 0 Å². The van der Waals surface area contributed by atoms with Crippen molar-refractivity contribution in [2.45, 2.75) is 26.9 Å². The Balaban J connectivity index is 3.18. The molecule has 90 valence electrons. The van der Waals surface area contributed by atoms with Gasteiger partial charge in [0.15, 0.2) is 0 Å². The number of aliphatic hydroxyl groups excluding tert-OH is 1. The molecule has 0 spiro atoms. The van der Waals surface area contributed by atoms with E-state index in [1.54, 1.807) is 14.2 Å². The maximum absolute atomic E-state index is 10.3. The van der Waals surface area contributed by atoms with Gasteiger partial charge in [0, 0.05) is 5.56 Å². The maximum Gasteiger partial charge on any atom is 0.124 e. The van der Waals surface area contributed by atoms with E-state index in [4.69, 9.17) is 9.47 Å². The lowest BCUT2D eigenvalue weighted by atomic mass is 9.84. The first-order valence-corrected chi connectivity index (χ1v) is 5.30. The molecule has 0 bridgehead atoms. The number of benzene rings is 1. The Morgan fingerprint density at radius 3 is 2.19 bits per heavy atom.